The SMILES string of the molecule is CC(C)CC(NC(=O)C1CC12CCNCC2)c1nc2ccccc2[nH]1.Cl.Cl. The van der Waals surface area contributed by atoms with Gasteiger partial charge in [-0.3, -0.25) is 4.79 Å². The predicted molar refractivity (Wildman–Crippen MR) is 114 cm³/mol. The molecule has 1 aliphatic carbocycles. The van der Waals surface area contributed by atoms with Crippen molar-refractivity contribution in [2.45, 2.75) is 45.6 Å². The quantitative estimate of drug-likeness (QED) is 0.694. The first-order chi connectivity index (χ1) is 12.1. The van der Waals surface area contributed by atoms with Gasteiger partial charge in [-0.25, -0.2) is 4.98 Å². The first kappa shape index (κ1) is 22.0. The summed E-state index contributed by atoms with van der Waals surface area (Å²) >= 11 is 0. The average Bonchev–Trinajstić information content (AvgIpc) is 3.11. The number of rotatable bonds is 5. The van der Waals surface area contributed by atoms with Crippen LogP contribution in [0.25, 0.3) is 11.0 Å². The van der Waals surface area contributed by atoms with Gasteiger partial charge in [-0.2, -0.15) is 0 Å². The minimum atomic E-state index is -0.0423. The second-order valence-electron chi connectivity index (χ2n) is 8.20. The molecular weight excluding hydrogens is 383 g/mol. The third-order valence-electron chi connectivity index (χ3n) is 5.87. The van der Waals surface area contributed by atoms with E-state index in [1.54, 1.807) is 0 Å². The number of carbonyl (C=O) groups excluding carboxylic acids is 1. The lowest BCUT2D eigenvalue weighted by molar-refractivity contribution is -0.124. The molecule has 1 amide bonds. The summed E-state index contributed by atoms with van der Waals surface area (Å²) in [6.45, 7) is 6.46. The number of aromatic nitrogens is 2. The standard InChI is InChI=1S/C20H28N4O.2ClH/c1-13(2)11-17(18-22-15-5-3-4-6-16(15)23-18)24-19(25)14-12-20(14)7-9-21-10-8-20;;/h3-6,13-14,17,21H,7-12H2,1-2H3,(H,22,23)(H,24,25);2*1H. The lowest BCUT2D eigenvalue weighted by Gasteiger charge is -2.24. The number of carbonyl (C=O) groups is 1. The molecule has 7 heteroatoms. The number of para-hydroxylation sites is 2. The van der Waals surface area contributed by atoms with Gasteiger partial charge in [0.15, 0.2) is 0 Å². The molecule has 2 heterocycles. The molecule has 0 bridgehead atoms. The maximum absolute atomic E-state index is 12.9. The molecule has 2 aromatic rings. The van der Waals surface area contributed by atoms with Crippen LogP contribution >= 0.6 is 24.8 Å². The minimum Gasteiger partial charge on any atom is -0.346 e. The van der Waals surface area contributed by atoms with E-state index in [1.165, 1.54) is 0 Å². The highest BCUT2D eigenvalue weighted by Gasteiger charge is 2.57. The molecule has 1 aromatic heterocycles. The smallest absolute Gasteiger partial charge is 0.224 e. The Kier molecular flexibility index (Phi) is 7.17. The molecule has 1 aromatic carbocycles. The molecule has 5 nitrogen and oxygen atoms in total. The van der Waals surface area contributed by atoms with Crippen molar-refractivity contribution < 1.29 is 4.79 Å². The van der Waals surface area contributed by atoms with Crippen molar-refractivity contribution in [3.63, 3.8) is 0 Å². The summed E-state index contributed by atoms with van der Waals surface area (Å²) in [7, 11) is 0. The number of hydrogen-bond donors (Lipinski definition) is 3. The monoisotopic (exact) mass is 412 g/mol. The van der Waals surface area contributed by atoms with Crippen LogP contribution in [0.5, 0.6) is 0 Å². The van der Waals surface area contributed by atoms with E-state index in [0.29, 0.717) is 5.92 Å². The average molecular weight is 413 g/mol. The number of aromatic amines is 1. The summed E-state index contributed by atoms with van der Waals surface area (Å²) < 4.78 is 0. The molecule has 1 spiro atoms. The van der Waals surface area contributed by atoms with Gasteiger partial charge >= 0.3 is 0 Å². The van der Waals surface area contributed by atoms with Crippen molar-refractivity contribution in [1.29, 1.82) is 0 Å². The van der Waals surface area contributed by atoms with Gasteiger partial charge in [0.25, 0.3) is 0 Å². The van der Waals surface area contributed by atoms with Crippen LogP contribution in [0.2, 0.25) is 0 Å². The predicted octanol–water partition coefficient (Wildman–Crippen LogP) is 4.00. The summed E-state index contributed by atoms with van der Waals surface area (Å²) in [5.74, 6) is 1.77. The van der Waals surface area contributed by atoms with Gasteiger partial charge < -0.3 is 15.6 Å². The molecule has 3 N–H and O–H groups in total. The third kappa shape index (κ3) is 4.58. The Morgan fingerprint density at radius 2 is 1.96 bits per heavy atom. The molecule has 1 saturated heterocycles. The second-order valence-corrected chi connectivity index (χ2v) is 8.20. The van der Waals surface area contributed by atoms with Gasteiger partial charge in [-0.15, -0.1) is 24.8 Å². The number of benzene rings is 1. The minimum absolute atomic E-state index is 0. The number of fused-ring (bicyclic) bond motifs is 1. The fourth-order valence-corrected chi connectivity index (χ4v) is 4.32. The maximum atomic E-state index is 12.9. The molecule has 2 unspecified atom stereocenters. The van der Waals surface area contributed by atoms with E-state index >= 15 is 0 Å². The summed E-state index contributed by atoms with van der Waals surface area (Å²) in [5, 5.41) is 6.71. The molecule has 2 atom stereocenters. The van der Waals surface area contributed by atoms with Gasteiger partial charge in [0.2, 0.25) is 5.91 Å². The maximum Gasteiger partial charge on any atom is 0.224 e. The second kappa shape index (κ2) is 8.80. The zero-order valence-corrected chi connectivity index (χ0v) is 17.6. The molecule has 1 saturated carbocycles. The number of imidazole rings is 1. The van der Waals surface area contributed by atoms with Crippen LogP contribution in [0.4, 0.5) is 0 Å². The van der Waals surface area contributed by atoms with E-state index in [9.17, 15) is 4.79 Å². The van der Waals surface area contributed by atoms with Gasteiger partial charge in [0.1, 0.15) is 5.82 Å². The van der Waals surface area contributed by atoms with Crippen LogP contribution in [-0.4, -0.2) is 29.0 Å². The van der Waals surface area contributed by atoms with Gasteiger partial charge in [-0.05, 0) is 62.2 Å². The number of hydrogen-bond acceptors (Lipinski definition) is 3. The molecule has 2 aliphatic rings. The van der Waals surface area contributed by atoms with E-state index in [1.807, 2.05) is 24.3 Å². The molecule has 4 rings (SSSR count). The largest absolute Gasteiger partial charge is 0.346 e. The van der Waals surface area contributed by atoms with Crippen molar-refractivity contribution in [3.05, 3.63) is 30.1 Å². The van der Waals surface area contributed by atoms with Crippen molar-refractivity contribution in [2.24, 2.45) is 17.3 Å². The number of nitrogens with one attached hydrogen (secondary N) is 3. The lowest BCUT2D eigenvalue weighted by atomic mass is 9.91. The van der Waals surface area contributed by atoms with Crippen molar-refractivity contribution in [2.75, 3.05) is 13.1 Å². The number of piperidine rings is 1. The van der Waals surface area contributed by atoms with E-state index in [2.05, 4.69) is 29.5 Å². The highest BCUT2D eigenvalue weighted by Crippen LogP contribution is 2.58. The Bertz CT molecular complexity index is 737. The Hall–Kier alpha value is -1.30. The Morgan fingerprint density at radius 1 is 1.26 bits per heavy atom. The van der Waals surface area contributed by atoms with Crippen molar-refractivity contribution in [1.82, 2.24) is 20.6 Å². The van der Waals surface area contributed by atoms with Gasteiger partial charge in [-0.1, -0.05) is 26.0 Å². The van der Waals surface area contributed by atoms with E-state index in [0.717, 1.165) is 55.6 Å². The van der Waals surface area contributed by atoms with Crippen molar-refractivity contribution >= 4 is 41.8 Å². The molecule has 150 valence electrons. The van der Waals surface area contributed by atoms with Crippen LogP contribution in [-0.2, 0) is 4.79 Å². The number of halogens is 2. The molecular formula is C20H30Cl2N4O. The van der Waals surface area contributed by atoms with Gasteiger partial charge in [0.05, 0.1) is 17.1 Å². The summed E-state index contributed by atoms with van der Waals surface area (Å²) in [6, 6.07) is 8.00. The molecule has 27 heavy (non-hydrogen) atoms. The molecule has 2 fully saturated rings. The van der Waals surface area contributed by atoms with Crippen LogP contribution in [0, 0.1) is 17.3 Å². The molecule has 1 aliphatic heterocycles. The highest BCUT2D eigenvalue weighted by atomic mass is 35.5. The van der Waals surface area contributed by atoms with E-state index < -0.39 is 0 Å². The summed E-state index contributed by atoms with van der Waals surface area (Å²) in [6.07, 6.45) is 4.21. The number of amides is 1. The normalized spacial score (nSPS) is 21.4. The number of nitrogens with zero attached hydrogens (tertiary/aromatic N) is 1. The zero-order chi connectivity index (χ0) is 17.4. The lowest BCUT2D eigenvalue weighted by Crippen LogP contribution is -2.36. The first-order valence-electron chi connectivity index (χ1n) is 9.53. The molecule has 0 radical (unpaired) electrons. The van der Waals surface area contributed by atoms with Crippen molar-refractivity contribution in [3.8, 4) is 0 Å². The Morgan fingerprint density at radius 3 is 2.63 bits per heavy atom. The van der Waals surface area contributed by atoms with E-state index in [-0.39, 0.29) is 48.1 Å². The van der Waals surface area contributed by atoms with Crippen LogP contribution in [0.15, 0.2) is 24.3 Å². The van der Waals surface area contributed by atoms with Crippen LogP contribution in [0.3, 0.4) is 0 Å². The Balaban J connectivity index is 0.00000131. The van der Waals surface area contributed by atoms with Crippen LogP contribution < -0.4 is 10.6 Å². The zero-order valence-electron chi connectivity index (χ0n) is 16.0. The van der Waals surface area contributed by atoms with Crippen LogP contribution in [0.1, 0.15) is 51.4 Å². The fraction of sp³-hybridized carbons (Fsp3) is 0.600. The first-order valence-corrected chi connectivity index (χ1v) is 9.53. The van der Waals surface area contributed by atoms with Gasteiger partial charge in [0, 0.05) is 5.92 Å². The summed E-state index contributed by atoms with van der Waals surface area (Å²) in [4.78, 5) is 21.0. The number of H-pyrrole nitrogens is 1. The third-order valence-corrected chi connectivity index (χ3v) is 5.87. The van der Waals surface area contributed by atoms with E-state index in [4.69, 9.17) is 4.98 Å². The summed E-state index contributed by atoms with van der Waals surface area (Å²) in [5.41, 5.74) is 2.26. The highest BCUT2D eigenvalue weighted by molar-refractivity contribution is 5.85. The topological polar surface area (TPSA) is 69.8 Å². The fourth-order valence-electron chi connectivity index (χ4n) is 4.32. The Labute approximate surface area is 173 Å².